The number of rotatable bonds is 3. The minimum atomic E-state index is -0.0342. The van der Waals surface area contributed by atoms with Crippen molar-refractivity contribution in [3.8, 4) is 17.4 Å². The van der Waals surface area contributed by atoms with Crippen LogP contribution in [-0.4, -0.2) is 22.0 Å². The molecule has 0 saturated heterocycles. The number of hydrogen-bond acceptors (Lipinski definition) is 5. The van der Waals surface area contributed by atoms with Crippen molar-refractivity contribution in [3.63, 3.8) is 0 Å². The van der Waals surface area contributed by atoms with Crippen molar-refractivity contribution in [1.82, 2.24) is 4.98 Å². The minimum absolute atomic E-state index is 0. The fourth-order valence-electron chi connectivity index (χ4n) is 4.59. The second-order valence-corrected chi connectivity index (χ2v) is 8.49. The van der Waals surface area contributed by atoms with Gasteiger partial charge in [-0.1, -0.05) is 48.9 Å². The van der Waals surface area contributed by atoms with Gasteiger partial charge in [0.25, 0.3) is 0 Å². The molecule has 5 nitrogen and oxygen atoms in total. The van der Waals surface area contributed by atoms with E-state index in [1.807, 2.05) is 44.2 Å². The Labute approximate surface area is 206 Å². The molecule has 1 N–H and O–H groups in total. The zero-order chi connectivity index (χ0) is 21.8. The maximum Gasteiger partial charge on any atom is 0.217 e. The molecule has 0 bridgehead atoms. The number of ether oxygens (including phenoxy) is 2. The van der Waals surface area contributed by atoms with Gasteiger partial charge in [0.1, 0.15) is 23.3 Å². The van der Waals surface area contributed by atoms with Crippen LogP contribution in [0, 0.1) is 19.9 Å². The Morgan fingerprint density at radius 2 is 1.85 bits per heavy atom. The van der Waals surface area contributed by atoms with Crippen molar-refractivity contribution < 1.29 is 35.6 Å². The second-order valence-electron chi connectivity index (χ2n) is 8.49. The first-order valence-electron chi connectivity index (χ1n) is 10.7. The zero-order valence-corrected chi connectivity index (χ0v) is 20.4. The van der Waals surface area contributed by atoms with E-state index in [4.69, 9.17) is 14.5 Å². The van der Waals surface area contributed by atoms with Crippen LogP contribution >= 0.6 is 0 Å². The van der Waals surface area contributed by atoms with Gasteiger partial charge in [-0.15, -0.1) is 11.6 Å². The first-order chi connectivity index (χ1) is 15.5. The number of pyridine rings is 1. The molecule has 0 fully saturated rings. The molecule has 1 aliphatic heterocycles. The van der Waals surface area contributed by atoms with Gasteiger partial charge in [0.2, 0.25) is 5.88 Å². The average Bonchev–Trinajstić information content (AvgIpc) is 3.32. The van der Waals surface area contributed by atoms with Crippen LogP contribution in [0.15, 0.2) is 65.7 Å². The summed E-state index contributed by atoms with van der Waals surface area (Å²) in [5, 5.41) is 11.1. The van der Waals surface area contributed by atoms with Crippen LogP contribution in [0.5, 0.6) is 17.4 Å². The van der Waals surface area contributed by atoms with Crippen LogP contribution in [-0.2, 0) is 32.2 Å². The molecule has 2 aliphatic rings. The normalized spacial score (nSPS) is 18.2. The molecule has 2 atom stereocenters. The molecular weight excluding hydrogens is 595 g/mol. The number of fused-ring (bicyclic) bond motifs is 4. The van der Waals surface area contributed by atoms with Crippen LogP contribution in [0.25, 0.3) is 10.9 Å². The van der Waals surface area contributed by atoms with Crippen molar-refractivity contribution in [2.24, 2.45) is 4.99 Å². The smallest absolute Gasteiger partial charge is 0.217 e. The molecular formula is C27H21N2O3Pt-. The molecule has 6 rings (SSSR count). The third kappa shape index (κ3) is 3.91. The molecule has 0 spiro atoms. The standard InChI is InChI=1S/C27H21N2O3.Pt/c1-15-10-19(27-28-22-14-17-5-3-4-6-21(17)26(22)32-27)13-20(11-15)31-24-8-7-18-9-16(2)12-23(30)25(18)29-24;/h3-12,22,26,30H,14H2,1-2H3;/q-1;/t22-,26-;/m0./s1. The Morgan fingerprint density at radius 1 is 1.03 bits per heavy atom. The first kappa shape index (κ1) is 21.7. The number of aromatic nitrogens is 1. The molecule has 168 valence electrons. The predicted molar refractivity (Wildman–Crippen MR) is 123 cm³/mol. The van der Waals surface area contributed by atoms with E-state index < -0.39 is 0 Å². The number of aromatic hydroxyl groups is 1. The van der Waals surface area contributed by atoms with Crippen molar-refractivity contribution >= 4 is 16.8 Å². The van der Waals surface area contributed by atoms with Crippen molar-refractivity contribution in [3.05, 3.63) is 94.5 Å². The summed E-state index contributed by atoms with van der Waals surface area (Å²) < 4.78 is 12.3. The number of nitrogens with zero attached hydrogens (tertiary/aromatic N) is 2. The van der Waals surface area contributed by atoms with Gasteiger partial charge in [0, 0.05) is 38.3 Å². The van der Waals surface area contributed by atoms with Crippen LogP contribution in [0.4, 0.5) is 0 Å². The summed E-state index contributed by atoms with van der Waals surface area (Å²) in [6.45, 7) is 3.94. The van der Waals surface area contributed by atoms with Crippen molar-refractivity contribution in [2.75, 3.05) is 0 Å². The van der Waals surface area contributed by atoms with Crippen molar-refractivity contribution in [2.45, 2.75) is 32.4 Å². The summed E-state index contributed by atoms with van der Waals surface area (Å²) in [5.41, 5.74) is 5.80. The van der Waals surface area contributed by atoms with E-state index in [0.717, 1.165) is 28.5 Å². The van der Waals surface area contributed by atoms with Gasteiger partial charge in [-0.2, -0.15) is 0 Å². The molecule has 2 heterocycles. The third-order valence-electron chi connectivity index (χ3n) is 5.99. The van der Waals surface area contributed by atoms with Gasteiger partial charge in [0.05, 0.1) is 6.04 Å². The van der Waals surface area contributed by atoms with E-state index in [9.17, 15) is 5.11 Å². The summed E-state index contributed by atoms with van der Waals surface area (Å²) in [7, 11) is 0. The number of hydrogen-bond donors (Lipinski definition) is 1. The van der Waals surface area contributed by atoms with E-state index in [2.05, 4.69) is 29.2 Å². The van der Waals surface area contributed by atoms with Gasteiger partial charge < -0.3 is 14.6 Å². The van der Waals surface area contributed by atoms with E-state index in [-0.39, 0.29) is 39.0 Å². The molecule has 3 aromatic carbocycles. The maximum absolute atomic E-state index is 10.3. The van der Waals surface area contributed by atoms with Gasteiger partial charge in [-0.3, -0.25) is 4.99 Å². The molecule has 0 radical (unpaired) electrons. The van der Waals surface area contributed by atoms with Gasteiger partial charge in [-0.05, 0) is 48.2 Å². The number of benzene rings is 3. The van der Waals surface area contributed by atoms with E-state index in [0.29, 0.717) is 23.0 Å². The molecule has 0 amide bonds. The Bertz CT molecular complexity index is 1420. The number of phenols is 1. The predicted octanol–water partition coefficient (Wildman–Crippen LogP) is 5.59. The van der Waals surface area contributed by atoms with Crippen LogP contribution in [0.2, 0.25) is 0 Å². The molecule has 4 aromatic rings. The van der Waals surface area contributed by atoms with Gasteiger partial charge in [0.15, 0.2) is 0 Å². The Morgan fingerprint density at radius 3 is 2.73 bits per heavy atom. The number of phenolic OH excluding ortho intramolecular Hbond substituents is 1. The molecule has 6 heteroatoms. The quantitative estimate of drug-likeness (QED) is 0.305. The fourth-order valence-corrected chi connectivity index (χ4v) is 4.59. The number of aryl methyl sites for hydroxylation is 2. The van der Waals surface area contributed by atoms with Crippen LogP contribution < -0.4 is 4.74 Å². The van der Waals surface area contributed by atoms with Crippen molar-refractivity contribution in [1.29, 1.82) is 0 Å². The summed E-state index contributed by atoms with van der Waals surface area (Å²) in [4.78, 5) is 9.33. The Kier molecular flexibility index (Phi) is 5.46. The van der Waals surface area contributed by atoms with Crippen LogP contribution in [0.3, 0.4) is 0 Å². The number of aliphatic imine (C=N–C) groups is 1. The molecule has 0 unspecified atom stereocenters. The SMILES string of the molecule is Cc1cc(Oc2ccc3cc(C)cc(O)c3n2)[c-]c(C2=N[C@H]3Cc4ccccc4[C@@H]3O2)c1.[Pt]. The maximum atomic E-state index is 10.3. The average molecular weight is 617 g/mol. The monoisotopic (exact) mass is 616 g/mol. The van der Waals surface area contributed by atoms with Crippen LogP contribution in [0.1, 0.15) is 33.9 Å². The summed E-state index contributed by atoms with van der Waals surface area (Å²) in [5.74, 6) is 1.66. The first-order valence-corrected chi connectivity index (χ1v) is 10.7. The summed E-state index contributed by atoms with van der Waals surface area (Å²) in [6, 6.07) is 23.0. The van der Waals surface area contributed by atoms with E-state index >= 15 is 0 Å². The fraction of sp³-hybridized carbons (Fsp3) is 0.185. The van der Waals surface area contributed by atoms with E-state index in [1.54, 1.807) is 12.1 Å². The second kappa shape index (κ2) is 8.31. The van der Waals surface area contributed by atoms with E-state index in [1.165, 1.54) is 11.1 Å². The largest absolute Gasteiger partial charge is 0.510 e. The molecule has 1 aromatic heterocycles. The van der Waals surface area contributed by atoms with Gasteiger partial charge >= 0.3 is 0 Å². The summed E-state index contributed by atoms with van der Waals surface area (Å²) >= 11 is 0. The molecule has 1 aliphatic carbocycles. The topological polar surface area (TPSA) is 63.9 Å². The Hall–Kier alpha value is -3.17. The Balaban J connectivity index is 0.00000228. The zero-order valence-electron chi connectivity index (χ0n) is 18.1. The molecule has 0 saturated carbocycles. The van der Waals surface area contributed by atoms with Gasteiger partial charge in [-0.25, -0.2) is 4.98 Å². The third-order valence-corrected chi connectivity index (χ3v) is 5.99. The summed E-state index contributed by atoms with van der Waals surface area (Å²) in [6.07, 6.45) is 0.858. The molecule has 33 heavy (non-hydrogen) atoms. The minimum Gasteiger partial charge on any atom is -0.510 e.